The average molecular weight is 368 g/mol. The van der Waals surface area contributed by atoms with Crippen molar-refractivity contribution in [3.63, 3.8) is 0 Å². The van der Waals surface area contributed by atoms with Crippen LogP contribution in [0.4, 0.5) is 0 Å². The van der Waals surface area contributed by atoms with Crippen LogP contribution in [0, 0.1) is 6.92 Å². The molecule has 0 aromatic carbocycles. The maximum atomic E-state index is 6.18. The summed E-state index contributed by atoms with van der Waals surface area (Å²) < 4.78 is 6.18. The molecule has 0 amide bonds. The van der Waals surface area contributed by atoms with E-state index in [1.54, 1.807) is 19.8 Å². The van der Waals surface area contributed by atoms with Gasteiger partial charge >= 0.3 is 18.9 Å². The molecule has 0 radical (unpaired) electrons. The number of aromatic nitrogens is 4. The van der Waals surface area contributed by atoms with Crippen molar-refractivity contribution in [3.05, 3.63) is 44.9 Å². The van der Waals surface area contributed by atoms with Crippen LogP contribution in [-0.2, 0) is 0 Å². The SMILES string of the molecule is Cc1cnc(Cl)c(Cl)n1.Clc1nccnc1Cl.[3H][P-]C.[Li+]. The van der Waals surface area contributed by atoms with Crippen molar-refractivity contribution >= 4 is 55.6 Å². The topological polar surface area (TPSA) is 51.6 Å². The number of aryl methyl sites for hydroxylation is 1. The Morgan fingerprint density at radius 1 is 0.950 bits per heavy atom. The van der Waals surface area contributed by atoms with E-state index < -0.39 is 0 Å². The molecule has 2 heterocycles. The summed E-state index contributed by atoms with van der Waals surface area (Å²) in [5.41, 5.74) is 0.768. The van der Waals surface area contributed by atoms with Gasteiger partial charge in [-0.3, -0.25) is 0 Å². The molecule has 104 valence electrons. The maximum absolute atomic E-state index is 6.18. The average Bonchev–Trinajstić information content (AvgIpc) is 2.40. The molecule has 0 aliphatic heterocycles. The monoisotopic (exact) mass is 366 g/mol. The molecule has 20 heavy (non-hydrogen) atoms. The Morgan fingerprint density at radius 3 is 1.65 bits per heavy atom. The van der Waals surface area contributed by atoms with Gasteiger partial charge < -0.3 is 9.18 Å². The number of rotatable bonds is 0. The van der Waals surface area contributed by atoms with Crippen molar-refractivity contribution in [2.24, 2.45) is 0 Å². The maximum Gasteiger partial charge on any atom is 1.00 e. The predicted octanol–water partition coefficient (Wildman–Crippen LogP) is 1.64. The largest absolute Gasteiger partial charge is 1.00 e. The molecule has 0 aliphatic carbocycles. The second-order valence-corrected chi connectivity index (χ2v) is 4.16. The Kier molecular flexibility index (Phi) is 13.3. The van der Waals surface area contributed by atoms with E-state index >= 15 is 0 Å². The second-order valence-electron chi connectivity index (χ2n) is 2.73. The van der Waals surface area contributed by atoms with E-state index in [1.807, 2.05) is 0 Å². The van der Waals surface area contributed by atoms with Crippen molar-refractivity contribution in [2.45, 2.75) is 6.92 Å². The molecule has 0 unspecified atom stereocenters. The Hall–Kier alpha value is 0.347. The van der Waals surface area contributed by atoms with E-state index in [4.69, 9.17) is 47.7 Å². The molecule has 0 aliphatic rings. The molecule has 2 aromatic rings. The summed E-state index contributed by atoms with van der Waals surface area (Å²) in [6.07, 6.45) is 4.52. The van der Waals surface area contributed by atoms with Gasteiger partial charge in [0.05, 0.1) is 5.69 Å². The van der Waals surface area contributed by atoms with Crippen molar-refractivity contribution < 1.29 is 18.9 Å². The third-order valence-electron chi connectivity index (χ3n) is 1.42. The number of nitrogens with zero attached hydrogens (tertiary/aromatic N) is 4. The van der Waals surface area contributed by atoms with Crippen molar-refractivity contribution in [1.82, 2.24) is 19.9 Å². The molecular formula is C10H10Cl4LiN4P. The summed E-state index contributed by atoms with van der Waals surface area (Å²) in [5, 5.41) is 1.00. The fourth-order valence-electron chi connectivity index (χ4n) is 0.737. The van der Waals surface area contributed by atoms with E-state index in [0.717, 1.165) is 5.69 Å². The van der Waals surface area contributed by atoms with Crippen LogP contribution in [0.5, 0.6) is 0 Å². The normalized spacial score (nSPS) is 9.60. The van der Waals surface area contributed by atoms with Gasteiger partial charge in [-0.1, -0.05) is 46.4 Å². The van der Waals surface area contributed by atoms with Crippen LogP contribution in [0.15, 0.2) is 18.6 Å². The van der Waals surface area contributed by atoms with E-state index in [2.05, 4.69) is 19.9 Å². The summed E-state index contributed by atoms with van der Waals surface area (Å²) in [4.78, 5) is 14.9. The Bertz CT molecular complexity index is 517. The molecule has 0 atom stereocenters. The molecule has 0 N–H and O–H groups in total. The van der Waals surface area contributed by atoms with Crippen molar-refractivity contribution in [2.75, 3.05) is 6.66 Å². The molecule has 0 saturated heterocycles. The summed E-state index contributed by atoms with van der Waals surface area (Å²) in [7, 11) is 0.667. The van der Waals surface area contributed by atoms with Gasteiger partial charge in [-0.25, -0.2) is 21.2 Å². The number of hydrogen-bond acceptors (Lipinski definition) is 4. The van der Waals surface area contributed by atoms with Crippen LogP contribution in [0.2, 0.25) is 20.6 Å². The predicted molar refractivity (Wildman–Crippen MR) is 83.1 cm³/mol. The molecule has 10 heteroatoms. The first kappa shape index (κ1) is 20.3. The van der Waals surface area contributed by atoms with Crippen molar-refractivity contribution in [1.29, 1.82) is 1.28 Å². The number of halogens is 4. The zero-order valence-corrected chi connectivity index (χ0v) is 14.9. The first-order valence-electron chi connectivity index (χ1n) is 5.16. The third kappa shape index (κ3) is 9.31. The summed E-state index contributed by atoms with van der Waals surface area (Å²) >= 11 is 21.8. The Labute approximate surface area is 153 Å². The first-order valence-corrected chi connectivity index (χ1v) is 7.12. The van der Waals surface area contributed by atoms with Crippen molar-refractivity contribution in [3.8, 4) is 0 Å². The molecular weight excluding hydrogens is 356 g/mol. The van der Waals surface area contributed by atoms with Crippen LogP contribution in [0.3, 0.4) is 0 Å². The first-order chi connectivity index (χ1) is 9.42. The van der Waals surface area contributed by atoms with E-state index in [9.17, 15) is 0 Å². The van der Waals surface area contributed by atoms with Gasteiger partial charge in [0.25, 0.3) is 0 Å². The smallest absolute Gasteiger partial charge is 0.562 e. The van der Waals surface area contributed by atoms with E-state index in [0.29, 0.717) is 9.18 Å². The fraction of sp³-hybridized carbons (Fsp3) is 0.200. The molecule has 0 fully saturated rings. The van der Waals surface area contributed by atoms with Gasteiger partial charge in [-0.05, 0) is 6.92 Å². The zero-order valence-electron chi connectivity index (χ0n) is 12.0. The molecule has 4 nitrogen and oxygen atoms in total. The van der Waals surface area contributed by atoms with Crippen LogP contribution in [0.1, 0.15) is 5.69 Å². The Morgan fingerprint density at radius 2 is 1.35 bits per heavy atom. The molecule has 0 bridgehead atoms. The van der Waals surface area contributed by atoms with Crippen LogP contribution in [0.25, 0.3) is 0 Å². The molecule has 0 saturated carbocycles. The minimum Gasteiger partial charge on any atom is -0.562 e. The quantitative estimate of drug-likeness (QED) is 0.524. The minimum absolute atomic E-state index is 0. The summed E-state index contributed by atoms with van der Waals surface area (Å²) in [6, 6.07) is 0. The van der Waals surface area contributed by atoms with Gasteiger partial charge in [0, 0.05) is 18.6 Å². The van der Waals surface area contributed by atoms with E-state index in [-0.39, 0.29) is 39.5 Å². The van der Waals surface area contributed by atoms with Crippen LogP contribution < -0.4 is 18.9 Å². The van der Waals surface area contributed by atoms with Gasteiger partial charge in [-0.2, -0.15) is 6.66 Å². The fourth-order valence-corrected chi connectivity index (χ4v) is 1.22. The molecule has 0 spiro atoms. The van der Waals surface area contributed by atoms with Crippen LogP contribution in [-0.4, -0.2) is 27.9 Å². The third-order valence-corrected chi connectivity index (χ3v) is 2.71. The molecule has 2 aromatic heterocycles. The van der Waals surface area contributed by atoms with E-state index in [1.165, 1.54) is 12.4 Å². The second kappa shape index (κ2) is 13.0. The minimum atomic E-state index is 0. The number of hydrogen-bond donors (Lipinski definition) is 0. The van der Waals surface area contributed by atoms with Gasteiger partial charge in [-0.15, -0.1) is 0 Å². The standard InChI is InChI=1S/C5H4Cl2N2.C4H2Cl2N2.CH4P.Li/c1-3-2-8-4(6)5(7)9-3;5-3-4(6)8-2-1-7-3;1-2;/h2H,1H3;1-2H;2H,1H3;/q;;-1;+1/i;;2T;. The zero-order chi connectivity index (χ0) is 15.5. The van der Waals surface area contributed by atoms with Gasteiger partial charge in [0.2, 0.25) is 0 Å². The van der Waals surface area contributed by atoms with Gasteiger partial charge in [0.15, 0.2) is 20.6 Å². The summed E-state index contributed by atoms with van der Waals surface area (Å²) in [6.45, 7) is 3.56. The van der Waals surface area contributed by atoms with Crippen LogP contribution >= 0.6 is 55.6 Å². The molecule has 2 rings (SSSR count). The van der Waals surface area contributed by atoms with Gasteiger partial charge in [0.1, 0.15) is 0 Å². The Balaban J connectivity index is 0. The summed E-state index contributed by atoms with van der Waals surface area (Å²) in [5.74, 6) is 0.